The summed E-state index contributed by atoms with van der Waals surface area (Å²) in [6.07, 6.45) is 1.84. The number of hydrogen-bond donors (Lipinski definition) is 1. The number of fused-ring (bicyclic) bond motifs is 1. The summed E-state index contributed by atoms with van der Waals surface area (Å²) in [7, 11) is 1.66. The smallest absolute Gasteiger partial charge is 0.321 e. The minimum atomic E-state index is 0.00405. The van der Waals surface area contributed by atoms with Gasteiger partial charge < -0.3 is 14.8 Å². The van der Waals surface area contributed by atoms with Gasteiger partial charge in [-0.1, -0.05) is 26.0 Å². The van der Waals surface area contributed by atoms with Crippen LogP contribution in [0.15, 0.2) is 30.5 Å². The highest BCUT2D eigenvalue weighted by molar-refractivity contribution is 5.53. The van der Waals surface area contributed by atoms with Crippen molar-refractivity contribution in [3.05, 3.63) is 41.6 Å². The lowest BCUT2D eigenvalue weighted by atomic mass is 10.1. The van der Waals surface area contributed by atoms with Gasteiger partial charge >= 0.3 is 6.01 Å². The Morgan fingerprint density at radius 3 is 2.69 bits per heavy atom. The molecule has 0 fully saturated rings. The molecule has 0 saturated carbocycles. The van der Waals surface area contributed by atoms with Gasteiger partial charge in [0.05, 0.1) is 26.0 Å². The molecule has 7 heteroatoms. The van der Waals surface area contributed by atoms with Crippen molar-refractivity contribution in [3.63, 3.8) is 0 Å². The van der Waals surface area contributed by atoms with Gasteiger partial charge in [-0.2, -0.15) is 19.6 Å². The monoisotopic (exact) mass is 355 g/mol. The Bertz CT molecular complexity index is 891. The van der Waals surface area contributed by atoms with Crippen molar-refractivity contribution in [3.8, 4) is 11.8 Å². The van der Waals surface area contributed by atoms with Crippen LogP contribution in [0.3, 0.4) is 0 Å². The summed E-state index contributed by atoms with van der Waals surface area (Å²) in [5, 5.41) is 7.89. The molecule has 0 amide bonds. The van der Waals surface area contributed by atoms with Crippen LogP contribution >= 0.6 is 0 Å². The molecule has 2 heterocycles. The van der Waals surface area contributed by atoms with Crippen molar-refractivity contribution >= 4 is 11.6 Å². The fourth-order valence-corrected chi connectivity index (χ4v) is 2.76. The summed E-state index contributed by atoms with van der Waals surface area (Å²) >= 11 is 0. The normalized spacial score (nSPS) is 12.4. The molecular weight excluding hydrogens is 330 g/mol. The zero-order valence-electron chi connectivity index (χ0n) is 15.9. The molecule has 1 unspecified atom stereocenters. The van der Waals surface area contributed by atoms with Crippen molar-refractivity contribution in [1.29, 1.82) is 0 Å². The third-order valence-corrected chi connectivity index (χ3v) is 4.21. The maximum Gasteiger partial charge on any atom is 0.321 e. The molecule has 0 spiro atoms. The van der Waals surface area contributed by atoms with Gasteiger partial charge in [-0.15, -0.1) is 0 Å². The second kappa shape index (κ2) is 7.59. The Balaban J connectivity index is 2.00. The van der Waals surface area contributed by atoms with Gasteiger partial charge in [-0.05, 0) is 37.5 Å². The molecule has 0 aliphatic heterocycles. The van der Waals surface area contributed by atoms with E-state index in [1.54, 1.807) is 11.6 Å². The van der Waals surface area contributed by atoms with Crippen LogP contribution in [-0.2, 0) is 0 Å². The van der Waals surface area contributed by atoms with Gasteiger partial charge in [-0.25, -0.2) is 0 Å². The lowest BCUT2D eigenvalue weighted by molar-refractivity contribution is 0.312. The Morgan fingerprint density at radius 1 is 1.19 bits per heavy atom. The maximum absolute atomic E-state index is 5.56. The van der Waals surface area contributed by atoms with Gasteiger partial charge in [-0.3, -0.25) is 0 Å². The quantitative estimate of drug-likeness (QED) is 0.694. The fourth-order valence-electron chi connectivity index (χ4n) is 2.76. The summed E-state index contributed by atoms with van der Waals surface area (Å²) in [4.78, 5) is 9.02. The summed E-state index contributed by atoms with van der Waals surface area (Å²) in [6.45, 7) is 8.72. The van der Waals surface area contributed by atoms with E-state index in [1.165, 1.54) is 0 Å². The Kier molecular flexibility index (Phi) is 5.25. The van der Waals surface area contributed by atoms with Gasteiger partial charge in [0.2, 0.25) is 5.95 Å². The predicted octanol–water partition coefficient (Wildman–Crippen LogP) is 3.83. The van der Waals surface area contributed by atoms with E-state index in [9.17, 15) is 0 Å². The van der Waals surface area contributed by atoms with Crippen LogP contribution in [0, 0.1) is 0 Å². The maximum atomic E-state index is 5.56. The molecule has 0 saturated heterocycles. The molecule has 0 bridgehead atoms. The highest BCUT2D eigenvalue weighted by Crippen LogP contribution is 2.26. The number of nitrogens with zero attached hydrogens (tertiary/aromatic N) is 4. The first-order valence-corrected chi connectivity index (χ1v) is 8.82. The first-order valence-electron chi connectivity index (χ1n) is 8.82. The van der Waals surface area contributed by atoms with Crippen LogP contribution in [0.25, 0.3) is 5.65 Å². The van der Waals surface area contributed by atoms with Crippen molar-refractivity contribution in [2.45, 2.75) is 39.7 Å². The molecule has 3 rings (SSSR count). The molecule has 138 valence electrons. The van der Waals surface area contributed by atoms with Crippen molar-refractivity contribution in [2.24, 2.45) is 0 Å². The van der Waals surface area contributed by atoms with Crippen molar-refractivity contribution in [1.82, 2.24) is 19.6 Å². The summed E-state index contributed by atoms with van der Waals surface area (Å²) in [5.74, 6) is 1.72. The summed E-state index contributed by atoms with van der Waals surface area (Å²) < 4.78 is 12.6. The first-order chi connectivity index (χ1) is 12.5. The minimum absolute atomic E-state index is 0.00405. The zero-order chi connectivity index (χ0) is 18.7. The number of benzene rings is 1. The van der Waals surface area contributed by atoms with E-state index in [4.69, 9.17) is 9.47 Å². The number of hydrogen-bond acceptors (Lipinski definition) is 6. The highest BCUT2D eigenvalue weighted by Gasteiger charge is 2.17. The van der Waals surface area contributed by atoms with E-state index in [0.29, 0.717) is 24.5 Å². The van der Waals surface area contributed by atoms with Gasteiger partial charge in [0.15, 0.2) is 5.65 Å². The molecule has 1 aromatic carbocycles. The lowest BCUT2D eigenvalue weighted by Crippen LogP contribution is -2.14. The molecule has 0 aliphatic rings. The van der Waals surface area contributed by atoms with Crippen molar-refractivity contribution < 1.29 is 9.47 Å². The largest absolute Gasteiger partial charge is 0.497 e. The molecule has 0 radical (unpaired) electrons. The molecule has 0 aliphatic carbocycles. The van der Waals surface area contributed by atoms with E-state index in [2.05, 4.69) is 41.2 Å². The number of nitrogens with one attached hydrogen (secondary N) is 1. The molecule has 26 heavy (non-hydrogen) atoms. The lowest BCUT2D eigenvalue weighted by Gasteiger charge is -2.17. The molecule has 3 aromatic rings. The number of anilines is 1. The fraction of sp³-hybridized carbons (Fsp3) is 0.421. The molecule has 1 atom stereocenters. The number of aromatic nitrogens is 4. The third kappa shape index (κ3) is 3.56. The van der Waals surface area contributed by atoms with E-state index in [0.717, 1.165) is 22.5 Å². The average molecular weight is 355 g/mol. The van der Waals surface area contributed by atoms with Gasteiger partial charge in [0, 0.05) is 5.56 Å². The van der Waals surface area contributed by atoms with E-state index in [-0.39, 0.29) is 6.04 Å². The Morgan fingerprint density at radius 2 is 2.00 bits per heavy atom. The van der Waals surface area contributed by atoms with E-state index >= 15 is 0 Å². The molecule has 2 aromatic heterocycles. The molecular formula is C19H25N5O2. The second-order valence-electron chi connectivity index (χ2n) is 6.40. The van der Waals surface area contributed by atoms with Crippen LogP contribution < -0.4 is 14.8 Å². The van der Waals surface area contributed by atoms with E-state index < -0.39 is 0 Å². The first kappa shape index (κ1) is 18.0. The van der Waals surface area contributed by atoms with Crippen LogP contribution in [0.1, 0.15) is 50.8 Å². The summed E-state index contributed by atoms with van der Waals surface area (Å²) in [5.41, 5.74) is 2.91. The molecule has 1 N–H and O–H groups in total. The van der Waals surface area contributed by atoms with Crippen LogP contribution in [0.4, 0.5) is 5.95 Å². The topological polar surface area (TPSA) is 73.6 Å². The zero-order valence-corrected chi connectivity index (χ0v) is 15.9. The highest BCUT2D eigenvalue weighted by atomic mass is 16.5. The van der Waals surface area contributed by atoms with Crippen LogP contribution in [0.2, 0.25) is 0 Å². The SMILES string of the molecule is CCOc1nc(NC(C)c2cccc(OC)c2)n2ncc(C(C)C)c2n1. The van der Waals surface area contributed by atoms with Gasteiger partial charge in [0.1, 0.15) is 5.75 Å². The van der Waals surface area contributed by atoms with Crippen LogP contribution in [0.5, 0.6) is 11.8 Å². The number of rotatable bonds is 7. The van der Waals surface area contributed by atoms with Crippen molar-refractivity contribution in [2.75, 3.05) is 19.0 Å². The predicted molar refractivity (Wildman–Crippen MR) is 101 cm³/mol. The second-order valence-corrected chi connectivity index (χ2v) is 6.40. The third-order valence-electron chi connectivity index (χ3n) is 4.21. The van der Waals surface area contributed by atoms with Gasteiger partial charge in [0.25, 0.3) is 0 Å². The van der Waals surface area contributed by atoms with Crippen LogP contribution in [-0.4, -0.2) is 33.3 Å². The number of ether oxygens (including phenoxy) is 2. The standard InChI is InChI=1S/C19H25N5O2/c1-6-26-19-22-17-16(12(2)3)11-20-24(17)18(23-19)21-13(4)14-8-7-9-15(10-14)25-5/h7-13H,6H2,1-5H3,(H,21,22,23). The average Bonchev–Trinajstić information content (AvgIpc) is 3.06. The summed E-state index contributed by atoms with van der Waals surface area (Å²) in [6, 6.07) is 8.30. The Hall–Kier alpha value is -2.83. The minimum Gasteiger partial charge on any atom is -0.497 e. The molecule has 7 nitrogen and oxygen atoms in total. The number of methoxy groups -OCH3 is 1. The Labute approximate surface area is 153 Å². The van der Waals surface area contributed by atoms with E-state index in [1.807, 2.05) is 37.4 Å².